The van der Waals surface area contributed by atoms with Crippen LogP contribution >= 0.6 is 11.3 Å². The summed E-state index contributed by atoms with van der Waals surface area (Å²) in [7, 11) is 0. The van der Waals surface area contributed by atoms with Gasteiger partial charge in [0.15, 0.2) is 0 Å². The topological polar surface area (TPSA) is 0 Å². The van der Waals surface area contributed by atoms with Gasteiger partial charge in [-0.15, -0.1) is 0 Å². The van der Waals surface area contributed by atoms with E-state index >= 15 is 0 Å². The van der Waals surface area contributed by atoms with Crippen LogP contribution in [0.15, 0.2) is 121 Å². The third-order valence-corrected chi connectivity index (χ3v) is 18.3. The summed E-state index contributed by atoms with van der Waals surface area (Å²) in [5.41, 5.74) is 0. The zero-order valence-electron chi connectivity index (χ0n) is 17.6. The first kappa shape index (κ1) is 23.4. The second-order valence-electron chi connectivity index (χ2n) is 7.00. The summed E-state index contributed by atoms with van der Waals surface area (Å²) in [4.78, 5) is 0. The number of rotatable bonds is 8. The molecule has 0 aliphatic heterocycles. The standard InChI is InChI=1S/C28H20SSe4/c1-5-13-21(14-6-1)30-25-26(31-22-15-7-2-8-16-22)28(33-24-19-11-4-12-20-24)29-27(25)32-23-17-9-3-10-18-23/h1-20H. The summed E-state index contributed by atoms with van der Waals surface area (Å²) in [6, 6.07) is 44.3. The first-order valence-electron chi connectivity index (χ1n) is 10.4. The molecule has 5 rings (SSSR count). The number of hydrogen-bond donors (Lipinski definition) is 0. The maximum absolute atomic E-state index is 2.30. The van der Waals surface area contributed by atoms with Crippen molar-refractivity contribution in [3.8, 4) is 0 Å². The molecule has 0 atom stereocenters. The van der Waals surface area contributed by atoms with Crippen LogP contribution in [-0.2, 0) is 0 Å². The van der Waals surface area contributed by atoms with Crippen LogP contribution in [0.1, 0.15) is 0 Å². The molecule has 0 aliphatic rings. The quantitative estimate of drug-likeness (QED) is 0.205. The van der Waals surface area contributed by atoms with Gasteiger partial charge in [-0.2, -0.15) is 0 Å². The molecule has 0 saturated carbocycles. The molecule has 0 spiro atoms. The van der Waals surface area contributed by atoms with Crippen molar-refractivity contribution in [2.75, 3.05) is 0 Å². The van der Waals surface area contributed by atoms with Crippen molar-refractivity contribution >= 4 is 105 Å². The molecule has 5 heteroatoms. The Morgan fingerprint density at radius 3 is 0.909 bits per heavy atom. The Balaban J connectivity index is 1.60. The van der Waals surface area contributed by atoms with Gasteiger partial charge in [0.25, 0.3) is 0 Å². The van der Waals surface area contributed by atoms with Crippen LogP contribution in [0.25, 0.3) is 0 Å². The zero-order valence-corrected chi connectivity index (χ0v) is 25.3. The first-order valence-corrected chi connectivity index (χ1v) is 18.1. The molecule has 4 aromatic carbocycles. The van der Waals surface area contributed by atoms with E-state index in [0.29, 0.717) is 59.8 Å². The molecular weight excluding hydrogens is 684 g/mol. The van der Waals surface area contributed by atoms with E-state index in [1.807, 2.05) is 0 Å². The van der Waals surface area contributed by atoms with Gasteiger partial charge >= 0.3 is 227 Å². The van der Waals surface area contributed by atoms with Crippen LogP contribution < -0.4 is 34.3 Å². The number of hydrogen-bond acceptors (Lipinski definition) is 1. The Bertz CT molecular complexity index is 1190. The van der Waals surface area contributed by atoms with Crippen molar-refractivity contribution in [2.24, 2.45) is 0 Å². The predicted molar refractivity (Wildman–Crippen MR) is 150 cm³/mol. The molecule has 0 radical (unpaired) electrons. The zero-order chi connectivity index (χ0) is 22.3. The molecule has 0 amide bonds. The number of benzene rings is 4. The van der Waals surface area contributed by atoms with Crippen molar-refractivity contribution in [1.82, 2.24) is 0 Å². The fourth-order valence-electron chi connectivity index (χ4n) is 3.08. The van der Waals surface area contributed by atoms with Gasteiger partial charge in [0.2, 0.25) is 0 Å². The van der Waals surface area contributed by atoms with Crippen molar-refractivity contribution in [2.45, 2.75) is 0 Å². The van der Waals surface area contributed by atoms with Crippen molar-refractivity contribution < 1.29 is 0 Å². The molecule has 0 nitrogen and oxygen atoms in total. The van der Waals surface area contributed by atoms with E-state index in [-0.39, 0.29) is 0 Å². The molecule has 0 aliphatic carbocycles. The van der Waals surface area contributed by atoms with Gasteiger partial charge in [0.1, 0.15) is 0 Å². The molecule has 0 unspecified atom stereocenters. The van der Waals surface area contributed by atoms with Crippen LogP contribution in [0.5, 0.6) is 0 Å². The van der Waals surface area contributed by atoms with Gasteiger partial charge in [-0.3, -0.25) is 0 Å². The van der Waals surface area contributed by atoms with Gasteiger partial charge in [-0.1, -0.05) is 0 Å². The molecule has 162 valence electrons. The Hall–Kier alpha value is -1.34. The van der Waals surface area contributed by atoms with Crippen LogP contribution in [-0.4, -0.2) is 59.8 Å². The van der Waals surface area contributed by atoms with Gasteiger partial charge in [0, 0.05) is 0 Å². The molecule has 0 N–H and O–H groups in total. The summed E-state index contributed by atoms with van der Waals surface area (Å²) < 4.78 is 12.4. The van der Waals surface area contributed by atoms with Crippen molar-refractivity contribution in [3.63, 3.8) is 0 Å². The SMILES string of the molecule is c1ccc([Se]c2sc([Se]c3ccccc3)c([Se]c3ccccc3)c2[Se]c2ccccc2)cc1. The average molecular weight is 704 g/mol. The third kappa shape index (κ3) is 6.41. The summed E-state index contributed by atoms with van der Waals surface area (Å²) in [5, 5.41) is 0. The van der Waals surface area contributed by atoms with Gasteiger partial charge < -0.3 is 0 Å². The van der Waals surface area contributed by atoms with Crippen molar-refractivity contribution in [1.29, 1.82) is 0 Å². The van der Waals surface area contributed by atoms with Gasteiger partial charge in [0.05, 0.1) is 0 Å². The van der Waals surface area contributed by atoms with Crippen molar-refractivity contribution in [3.05, 3.63) is 121 Å². The Morgan fingerprint density at radius 2 is 0.606 bits per heavy atom. The monoisotopic (exact) mass is 708 g/mol. The van der Waals surface area contributed by atoms with E-state index < -0.39 is 0 Å². The van der Waals surface area contributed by atoms with E-state index in [1.165, 1.54) is 17.8 Å². The van der Waals surface area contributed by atoms with E-state index in [0.717, 1.165) is 0 Å². The van der Waals surface area contributed by atoms with Crippen LogP contribution in [0.2, 0.25) is 0 Å². The average Bonchev–Trinajstić information content (AvgIpc) is 3.17. The normalized spacial score (nSPS) is 10.9. The molecule has 5 aromatic rings. The fraction of sp³-hybridized carbons (Fsp3) is 0. The third-order valence-electron chi connectivity index (χ3n) is 4.60. The fourth-order valence-corrected chi connectivity index (χ4v) is 18.1. The minimum absolute atomic E-state index is 0.320. The van der Waals surface area contributed by atoms with Gasteiger partial charge in [-0.25, -0.2) is 0 Å². The van der Waals surface area contributed by atoms with Crippen LogP contribution in [0.3, 0.4) is 0 Å². The summed E-state index contributed by atoms with van der Waals surface area (Å²) in [6.07, 6.45) is 0. The first-order chi connectivity index (χ1) is 16.3. The van der Waals surface area contributed by atoms with Crippen LogP contribution in [0, 0.1) is 0 Å². The Kier molecular flexibility index (Phi) is 8.42. The molecule has 0 saturated heterocycles. The van der Waals surface area contributed by atoms with Gasteiger partial charge in [-0.05, 0) is 0 Å². The molecule has 1 aromatic heterocycles. The summed E-state index contributed by atoms with van der Waals surface area (Å²) in [5.74, 6) is 0. The minimum atomic E-state index is 0.320. The molecule has 0 bridgehead atoms. The summed E-state index contributed by atoms with van der Waals surface area (Å²) in [6.45, 7) is 0. The maximum atomic E-state index is 2.30. The van der Waals surface area contributed by atoms with Crippen LogP contribution in [0.4, 0.5) is 0 Å². The second kappa shape index (κ2) is 11.9. The molecule has 1 heterocycles. The van der Waals surface area contributed by atoms with E-state index in [2.05, 4.69) is 133 Å². The Labute approximate surface area is 224 Å². The Morgan fingerprint density at radius 1 is 0.333 bits per heavy atom. The van der Waals surface area contributed by atoms with E-state index in [9.17, 15) is 0 Å². The molecule has 0 fully saturated rings. The molecule has 33 heavy (non-hydrogen) atoms. The second-order valence-corrected chi connectivity index (χ2v) is 18.3. The summed E-state index contributed by atoms with van der Waals surface area (Å²) >= 11 is 3.42. The number of thiophene rings is 1. The van der Waals surface area contributed by atoms with E-state index in [4.69, 9.17) is 0 Å². The predicted octanol–water partition coefficient (Wildman–Crippen LogP) is 0.368. The molecular formula is C28H20SSe4. The van der Waals surface area contributed by atoms with E-state index in [1.54, 1.807) is 16.5 Å².